The molecule has 0 spiro atoms. The van der Waals surface area contributed by atoms with E-state index in [9.17, 15) is 9.59 Å². The zero-order valence-electron chi connectivity index (χ0n) is 10.2. The molecule has 1 aromatic heterocycles. The minimum Gasteiger partial charge on any atom is -0.366 e. The van der Waals surface area contributed by atoms with Crippen LogP contribution in [0.25, 0.3) is 0 Å². The van der Waals surface area contributed by atoms with Crippen LogP contribution in [0.3, 0.4) is 0 Å². The third kappa shape index (κ3) is 2.88. The second-order valence-electron chi connectivity index (χ2n) is 4.59. The summed E-state index contributed by atoms with van der Waals surface area (Å²) < 4.78 is 0. The monoisotopic (exact) mass is 267 g/mol. The highest BCUT2D eigenvalue weighted by atomic mass is 32.1. The number of carbonyl (C=O) groups excluding carboxylic acids is 2. The Balaban J connectivity index is 2.02. The molecule has 0 radical (unpaired) electrons. The molecule has 0 aromatic carbocycles. The van der Waals surface area contributed by atoms with Crippen LogP contribution in [-0.4, -0.2) is 24.4 Å². The fraction of sp³-hybridized carbons (Fsp3) is 0.500. The number of piperidine rings is 1. The molecule has 1 aromatic rings. The third-order valence-corrected chi connectivity index (χ3v) is 3.99. The fourth-order valence-electron chi connectivity index (χ4n) is 2.18. The molecule has 0 aliphatic carbocycles. The quantitative estimate of drug-likeness (QED) is 0.768. The summed E-state index contributed by atoms with van der Waals surface area (Å²) in [6, 6.07) is 1.99. The number of carbonyl (C=O) groups is 2. The van der Waals surface area contributed by atoms with Crippen molar-refractivity contribution in [3.05, 3.63) is 17.0 Å². The molecule has 1 fully saturated rings. The minimum absolute atomic E-state index is 0.00377. The van der Waals surface area contributed by atoms with Crippen LogP contribution in [-0.2, 0) is 4.79 Å². The smallest absolute Gasteiger partial charge is 0.251 e. The van der Waals surface area contributed by atoms with Crippen molar-refractivity contribution in [2.24, 2.45) is 11.7 Å². The average Bonchev–Trinajstić information content (AvgIpc) is 2.77. The first-order chi connectivity index (χ1) is 8.58. The van der Waals surface area contributed by atoms with Gasteiger partial charge in [0.2, 0.25) is 5.91 Å². The molecule has 6 heteroatoms. The number of hydrogen-bond donors (Lipinski definition) is 3. The Bertz CT molecular complexity index is 458. The zero-order chi connectivity index (χ0) is 13.1. The molecule has 2 amide bonds. The summed E-state index contributed by atoms with van der Waals surface area (Å²) in [6.07, 6.45) is 1.65. The van der Waals surface area contributed by atoms with Crippen LogP contribution in [0, 0.1) is 5.92 Å². The van der Waals surface area contributed by atoms with Gasteiger partial charge in [0.05, 0.1) is 5.56 Å². The zero-order valence-corrected chi connectivity index (χ0v) is 11.0. The second kappa shape index (κ2) is 5.49. The number of hydrogen-bond acceptors (Lipinski definition) is 4. The molecule has 0 bridgehead atoms. The number of anilines is 1. The molecular weight excluding hydrogens is 250 g/mol. The summed E-state index contributed by atoms with van der Waals surface area (Å²) in [7, 11) is 0. The van der Waals surface area contributed by atoms with Gasteiger partial charge < -0.3 is 16.4 Å². The highest BCUT2D eigenvalue weighted by Crippen LogP contribution is 2.25. The van der Waals surface area contributed by atoms with Crippen LogP contribution >= 0.6 is 11.3 Å². The lowest BCUT2D eigenvalue weighted by Crippen LogP contribution is -2.40. The molecule has 5 nitrogen and oxygen atoms in total. The van der Waals surface area contributed by atoms with Crippen molar-refractivity contribution >= 4 is 28.2 Å². The minimum atomic E-state index is -0.509. The van der Waals surface area contributed by atoms with E-state index in [0.29, 0.717) is 16.6 Å². The van der Waals surface area contributed by atoms with Crippen LogP contribution in [0.2, 0.25) is 0 Å². The first kappa shape index (κ1) is 13.0. The molecule has 18 heavy (non-hydrogen) atoms. The van der Waals surface area contributed by atoms with E-state index in [-0.39, 0.29) is 11.8 Å². The normalized spacial score (nSPS) is 23.6. The summed E-state index contributed by atoms with van der Waals surface area (Å²) in [4.78, 5) is 23.3. The molecule has 2 unspecified atom stereocenters. The van der Waals surface area contributed by atoms with E-state index in [1.54, 1.807) is 11.4 Å². The highest BCUT2D eigenvalue weighted by Gasteiger charge is 2.25. The SMILES string of the molecule is CC1CC(C(=O)Nc2sccc2C(N)=O)CCN1. The Morgan fingerprint density at radius 3 is 3.00 bits per heavy atom. The second-order valence-corrected chi connectivity index (χ2v) is 5.51. The maximum atomic E-state index is 12.1. The maximum Gasteiger partial charge on any atom is 0.251 e. The summed E-state index contributed by atoms with van der Waals surface area (Å²) in [5, 5.41) is 8.42. The van der Waals surface area contributed by atoms with E-state index >= 15 is 0 Å². The van der Waals surface area contributed by atoms with E-state index in [0.717, 1.165) is 19.4 Å². The van der Waals surface area contributed by atoms with Gasteiger partial charge in [0.15, 0.2) is 0 Å². The Hall–Kier alpha value is -1.40. The van der Waals surface area contributed by atoms with Crippen molar-refractivity contribution in [3.8, 4) is 0 Å². The molecule has 98 valence electrons. The molecule has 2 rings (SSSR count). The topological polar surface area (TPSA) is 84.2 Å². The highest BCUT2D eigenvalue weighted by molar-refractivity contribution is 7.14. The Kier molecular flexibility index (Phi) is 3.98. The summed E-state index contributed by atoms with van der Waals surface area (Å²) >= 11 is 1.32. The van der Waals surface area contributed by atoms with Crippen LogP contribution in [0.5, 0.6) is 0 Å². The van der Waals surface area contributed by atoms with Crippen molar-refractivity contribution in [3.63, 3.8) is 0 Å². The van der Waals surface area contributed by atoms with Gasteiger partial charge >= 0.3 is 0 Å². The van der Waals surface area contributed by atoms with Gasteiger partial charge in [-0.2, -0.15) is 0 Å². The standard InChI is InChI=1S/C12H17N3O2S/c1-7-6-8(2-4-14-7)11(17)15-12-9(10(13)16)3-5-18-12/h3,5,7-8,14H,2,4,6H2,1H3,(H2,13,16)(H,15,17). The molecule has 0 saturated carbocycles. The average molecular weight is 267 g/mol. The van der Waals surface area contributed by atoms with Gasteiger partial charge in [-0.3, -0.25) is 9.59 Å². The van der Waals surface area contributed by atoms with Crippen LogP contribution in [0.1, 0.15) is 30.1 Å². The predicted molar refractivity (Wildman–Crippen MR) is 71.7 cm³/mol. The lowest BCUT2D eigenvalue weighted by atomic mass is 9.92. The first-order valence-electron chi connectivity index (χ1n) is 5.99. The summed E-state index contributed by atoms with van der Waals surface area (Å²) in [5.74, 6) is -0.525. The molecule has 1 aliphatic rings. The van der Waals surface area contributed by atoms with E-state index in [1.165, 1.54) is 11.3 Å². The Labute approximate surface area is 110 Å². The van der Waals surface area contributed by atoms with Crippen molar-refractivity contribution in [2.45, 2.75) is 25.8 Å². The summed E-state index contributed by atoms with van der Waals surface area (Å²) in [6.45, 7) is 2.92. The van der Waals surface area contributed by atoms with Gasteiger partial charge in [0, 0.05) is 12.0 Å². The van der Waals surface area contributed by atoms with Gasteiger partial charge in [0.1, 0.15) is 5.00 Å². The number of amides is 2. The molecular formula is C12H17N3O2S. The van der Waals surface area contributed by atoms with Gasteiger partial charge in [-0.1, -0.05) is 0 Å². The van der Waals surface area contributed by atoms with Gasteiger partial charge in [-0.05, 0) is 37.8 Å². The van der Waals surface area contributed by atoms with Gasteiger partial charge in [-0.25, -0.2) is 0 Å². The van der Waals surface area contributed by atoms with Crippen molar-refractivity contribution in [2.75, 3.05) is 11.9 Å². The number of primary amides is 1. The number of thiophene rings is 1. The van der Waals surface area contributed by atoms with Crippen molar-refractivity contribution < 1.29 is 9.59 Å². The Morgan fingerprint density at radius 2 is 2.33 bits per heavy atom. The van der Waals surface area contributed by atoms with E-state index < -0.39 is 5.91 Å². The number of nitrogens with one attached hydrogen (secondary N) is 2. The molecule has 1 aliphatic heterocycles. The lowest BCUT2D eigenvalue weighted by molar-refractivity contribution is -0.120. The van der Waals surface area contributed by atoms with Gasteiger partial charge in [-0.15, -0.1) is 11.3 Å². The third-order valence-electron chi connectivity index (χ3n) is 3.16. The fourth-order valence-corrected chi connectivity index (χ4v) is 2.98. The van der Waals surface area contributed by atoms with Crippen molar-refractivity contribution in [1.82, 2.24) is 5.32 Å². The van der Waals surface area contributed by atoms with E-state index in [2.05, 4.69) is 17.6 Å². The predicted octanol–water partition coefficient (Wildman–Crippen LogP) is 1.17. The number of nitrogens with two attached hydrogens (primary N) is 1. The van der Waals surface area contributed by atoms with Crippen molar-refractivity contribution in [1.29, 1.82) is 0 Å². The van der Waals surface area contributed by atoms with E-state index in [4.69, 9.17) is 5.73 Å². The molecule has 1 saturated heterocycles. The molecule has 2 atom stereocenters. The largest absolute Gasteiger partial charge is 0.366 e. The molecule has 2 heterocycles. The maximum absolute atomic E-state index is 12.1. The number of rotatable bonds is 3. The van der Waals surface area contributed by atoms with Crippen LogP contribution in [0.15, 0.2) is 11.4 Å². The van der Waals surface area contributed by atoms with E-state index in [1.807, 2.05) is 0 Å². The first-order valence-corrected chi connectivity index (χ1v) is 6.87. The molecule has 4 N–H and O–H groups in total. The van der Waals surface area contributed by atoms with Crippen LogP contribution < -0.4 is 16.4 Å². The lowest BCUT2D eigenvalue weighted by Gasteiger charge is -2.26. The Morgan fingerprint density at radius 1 is 1.56 bits per heavy atom. The van der Waals surface area contributed by atoms with Gasteiger partial charge in [0.25, 0.3) is 5.91 Å². The summed E-state index contributed by atoms with van der Waals surface area (Å²) in [5.41, 5.74) is 5.63. The van der Waals surface area contributed by atoms with Crippen LogP contribution in [0.4, 0.5) is 5.00 Å².